The van der Waals surface area contributed by atoms with E-state index in [2.05, 4.69) is 15.5 Å². The van der Waals surface area contributed by atoms with Gasteiger partial charge in [0.2, 0.25) is 0 Å². The molecule has 0 aliphatic heterocycles. The lowest BCUT2D eigenvalue weighted by atomic mass is 9.88. The van der Waals surface area contributed by atoms with Crippen molar-refractivity contribution in [3.63, 3.8) is 0 Å². The molecule has 1 atom stereocenters. The second kappa shape index (κ2) is 7.05. The van der Waals surface area contributed by atoms with Crippen LogP contribution < -0.4 is 5.32 Å². The Morgan fingerprint density at radius 1 is 1.46 bits per heavy atom. The van der Waals surface area contributed by atoms with Crippen molar-refractivity contribution in [1.82, 2.24) is 10.2 Å². The predicted molar refractivity (Wildman–Crippen MR) is 89.9 cm³/mol. The Labute approximate surface area is 144 Å². The molecule has 126 valence electrons. The number of aromatic amines is 1. The third-order valence-corrected chi connectivity index (χ3v) is 4.41. The van der Waals surface area contributed by atoms with Crippen molar-refractivity contribution in [2.24, 2.45) is 5.92 Å². The number of anilines is 1. The molecule has 0 bridgehead atoms. The molecule has 1 aromatic carbocycles. The average Bonchev–Trinajstić information content (AvgIpc) is 3.03. The second-order valence-electron chi connectivity index (χ2n) is 5.95. The van der Waals surface area contributed by atoms with Crippen LogP contribution in [0.25, 0.3) is 0 Å². The van der Waals surface area contributed by atoms with Gasteiger partial charge >= 0.3 is 5.97 Å². The van der Waals surface area contributed by atoms with Crippen molar-refractivity contribution in [2.45, 2.75) is 26.2 Å². The zero-order valence-corrected chi connectivity index (χ0v) is 14.0. The summed E-state index contributed by atoms with van der Waals surface area (Å²) in [6, 6.07) is 5.32. The number of fused-ring (bicyclic) bond motifs is 1. The predicted octanol–water partition coefficient (Wildman–Crippen LogP) is 2.66. The molecule has 1 aromatic heterocycles. The molecule has 1 aliphatic carbocycles. The van der Waals surface area contributed by atoms with E-state index in [0.29, 0.717) is 23.6 Å². The number of benzene rings is 1. The number of amides is 1. The lowest BCUT2D eigenvalue weighted by molar-refractivity contribution is -0.151. The van der Waals surface area contributed by atoms with E-state index in [-0.39, 0.29) is 18.5 Å². The van der Waals surface area contributed by atoms with Crippen molar-refractivity contribution in [1.29, 1.82) is 0 Å². The number of H-pyrrole nitrogens is 1. The van der Waals surface area contributed by atoms with Crippen LogP contribution in [0.15, 0.2) is 24.4 Å². The standard InChI is InChI=1S/C17H18ClN3O3/c1-10-2-5-14(13(18)6-10)20-16(22)9-24-17(23)11-3-4-12-8-19-21-15(12)7-11/h2,5-6,8,11H,3-4,7,9H2,1H3,(H,19,21)(H,20,22)/t11-/m0/s1. The lowest BCUT2D eigenvalue weighted by Crippen LogP contribution is -2.28. The van der Waals surface area contributed by atoms with Crippen molar-refractivity contribution in [3.05, 3.63) is 46.2 Å². The molecule has 0 unspecified atom stereocenters. The fourth-order valence-corrected chi connectivity index (χ4v) is 3.05. The number of hydrogen-bond donors (Lipinski definition) is 2. The second-order valence-corrected chi connectivity index (χ2v) is 6.36. The number of ether oxygens (including phenoxy) is 1. The molecule has 0 fully saturated rings. The summed E-state index contributed by atoms with van der Waals surface area (Å²) in [4.78, 5) is 24.1. The van der Waals surface area contributed by atoms with Crippen LogP contribution >= 0.6 is 11.6 Å². The molecule has 1 aliphatic rings. The van der Waals surface area contributed by atoms with Crippen LogP contribution in [0.5, 0.6) is 0 Å². The normalized spacial score (nSPS) is 16.3. The number of aryl methyl sites for hydroxylation is 2. The van der Waals surface area contributed by atoms with E-state index in [0.717, 1.165) is 23.2 Å². The maximum atomic E-state index is 12.1. The van der Waals surface area contributed by atoms with Crippen LogP contribution in [0, 0.1) is 12.8 Å². The molecule has 0 spiro atoms. The summed E-state index contributed by atoms with van der Waals surface area (Å²) in [5.74, 6) is -1.01. The van der Waals surface area contributed by atoms with Crippen LogP contribution in [0.1, 0.15) is 23.2 Å². The van der Waals surface area contributed by atoms with E-state index < -0.39 is 5.91 Å². The van der Waals surface area contributed by atoms with Gasteiger partial charge in [-0.2, -0.15) is 5.10 Å². The van der Waals surface area contributed by atoms with Gasteiger partial charge in [-0.15, -0.1) is 0 Å². The molecule has 3 rings (SSSR count). The number of carbonyl (C=O) groups excluding carboxylic acids is 2. The summed E-state index contributed by atoms with van der Waals surface area (Å²) in [7, 11) is 0. The Morgan fingerprint density at radius 2 is 2.29 bits per heavy atom. The van der Waals surface area contributed by atoms with Crippen LogP contribution in [0.3, 0.4) is 0 Å². The summed E-state index contributed by atoms with van der Waals surface area (Å²) < 4.78 is 5.14. The Hall–Kier alpha value is -2.34. The van der Waals surface area contributed by atoms with Crippen molar-refractivity contribution in [3.8, 4) is 0 Å². The molecular formula is C17H18ClN3O3. The zero-order valence-electron chi connectivity index (χ0n) is 13.3. The number of esters is 1. The van der Waals surface area contributed by atoms with E-state index in [4.69, 9.17) is 16.3 Å². The highest BCUT2D eigenvalue weighted by Crippen LogP contribution is 2.25. The number of hydrogen-bond acceptors (Lipinski definition) is 4. The van der Waals surface area contributed by atoms with Crippen LogP contribution in [-0.4, -0.2) is 28.7 Å². The Balaban J connectivity index is 1.50. The van der Waals surface area contributed by atoms with E-state index in [9.17, 15) is 9.59 Å². The summed E-state index contributed by atoms with van der Waals surface area (Å²) in [5, 5.41) is 9.97. The highest BCUT2D eigenvalue weighted by Gasteiger charge is 2.27. The first-order valence-electron chi connectivity index (χ1n) is 7.76. The molecule has 0 saturated carbocycles. The minimum Gasteiger partial charge on any atom is -0.455 e. The SMILES string of the molecule is Cc1ccc(NC(=O)COC(=O)[C@H]2CCc3cn[nH]c3C2)c(Cl)c1. The maximum Gasteiger partial charge on any atom is 0.309 e. The van der Waals surface area contributed by atoms with Gasteiger partial charge in [0, 0.05) is 12.1 Å². The van der Waals surface area contributed by atoms with E-state index in [1.165, 1.54) is 0 Å². The molecule has 24 heavy (non-hydrogen) atoms. The summed E-state index contributed by atoms with van der Waals surface area (Å²) in [6.45, 7) is 1.59. The van der Waals surface area contributed by atoms with Gasteiger partial charge in [-0.25, -0.2) is 0 Å². The topological polar surface area (TPSA) is 84.1 Å². The highest BCUT2D eigenvalue weighted by molar-refractivity contribution is 6.33. The van der Waals surface area contributed by atoms with E-state index in [1.807, 2.05) is 13.0 Å². The molecule has 1 heterocycles. The highest BCUT2D eigenvalue weighted by atomic mass is 35.5. The Kier molecular flexibility index (Phi) is 4.85. The number of halogens is 1. The average molecular weight is 348 g/mol. The lowest BCUT2D eigenvalue weighted by Gasteiger charge is -2.20. The smallest absolute Gasteiger partial charge is 0.309 e. The van der Waals surface area contributed by atoms with E-state index in [1.54, 1.807) is 18.3 Å². The Bertz CT molecular complexity index is 772. The van der Waals surface area contributed by atoms with Gasteiger partial charge in [0.25, 0.3) is 5.91 Å². The van der Waals surface area contributed by atoms with Gasteiger partial charge in [0.1, 0.15) is 0 Å². The largest absolute Gasteiger partial charge is 0.455 e. The molecule has 6 nitrogen and oxygen atoms in total. The van der Waals surface area contributed by atoms with Gasteiger partial charge in [0.15, 0.2) is 6.61 Å². The number of carbonyl (C=O) groups is 2. The minimum atomic E-state index is -0.410. The maximum absolute atomic E-state index is 12.1. The van der Waals surface area contributed by atoms with Gasteiger partial charge in [0.05, 0.1) is 22.8 Å². The number of nitrogens with zero attached hydrogens (tertiary/aromatic N) is 1. The molecule has 2 aromatic rings. The molecule has 0 radical (unpaired) electrons. The van der Waals surface area contributed by atoms with Gasteiger partial charge in [-0.05, 0) is 43.0 Å². The van der Waals surface area contributed by atoms with Crippen LogP contribution in [-0.2, 0) is 27.2 Å². The molecular weight excluding hydrogens is 330 g/mol. The minimum absolute atomic E-state index is 0.242. The number of rotatable bonds is 4. The first-order chi connectivity index (χ1) is 11.5. The summed E-state index contributed by atoms with van der Waals surface area (Å²) in [5.41, 5.74) is 3.62. The monoisotopic (exact) mass is 347 g/mol. The number of aromatic nitrogens is 2. The van der Waals surface area contributed by atoms with Crippen molar-refractivity contribution < 1.29 is 14.3 Å². The number of nitrogens with one attached hydrogen (secondary N) is 2. The first kappa shape index (κ1) is 16.5. The van der Waals surface area contributed by atoms with Gasteiger partial charge in [-0.1, -0.05) is 17.7 Å². The van der Waals surface area contributed by atoms with Crippen molar-refractivity contribution >= 4 is 29.2 Å². The Morgan fingerprint density at radius 3 is 3.08 bits per heavy atom. The first-order valence-corrected chi connectivity index (χ1v) is 8.14. The fourth-order valence-electron chi connectivity index (χ4n) is 2.77. The fraction of sp³-hybridized carbons (Fsp3) is 0.353. The summed E-state index contributed by atoms with van der Waals surface area (Å²) in [6.07, 6.45) is 3.85. The molecule has 2 N–H and O–H groups in total. The molecule has 7 heteroatoms. The summed E-state index contributed by atoms with van der Waals surface area (Å²) >= 11 is 6.06. The van der Waals surface area contributed by atoms with Gasteiger partial charge < -0.3 is 10.1 Å². The van der Waals surface area contributed by atoms with Crippen LogP contribution in [0.2, 0.25) is 5.02 Å². The third kappa shape index (κ3) is 3.76. The zero-order chi connectivity index (χ0) is 17.1. The third-order valence-electron chi connectivity index (χ3n) is 4.10. The molecule has 0 saturated heterocycles. The van der Waals surface area contributed by atoms with Crippen molar-refractivity contribution in [2.75, 3.05) is 11.9 Å². The van der Waals surface area contributed by atoms with Crippen LogP contribution in [0.4, 0.5) is 5.69 Å². The quantitative estimate of drug-likeness (QED) is 0.833. The molecule has 1 amide bonds. The van der Waals surface area contributed by atoms with Gasteiger partial charge in [-0.3, -0.25) is 14.7 Å². The van der Waals surface area contributed by atoms with E-state index >= 15 is 0 Å².